The van der Waals surface area contributed by atoms with Crippen LogP contribution >= 0.6 is 0 Å². The third-order valence-electron chi connectivity index (χ3n) is 3.00. The van der Waals surface area contributed by atoms with Crippen LogP contribution in [0.4, 0.5) is 5.95 Å². The molecule has 2 rings (SSSR count). The van der Waals surface area contributed by atoms with Gasteiger partial charge in [0, 0.05) is 13.1 Å². The molecule has 1 N–H and O–H groups in total. The van der Waals surface area contributed by atoms with Gasteiger partial charge in [-0.1, -0.05) is 0 Å². The molecule has 6 nitrogen and oxygen atoms in total. The van der Waals surface area contributed by atoms with Gasteiger partial charge in [-0.25, -0.2) is 9.97 Å². The molecule has 1 amide bonds. The predicted molar refractivity (Wildman–Crippen MR) is 67.5 cm³/mol. The Morgan fingerprint density at radius 3 is 2.56 bits per heavy atom. The number of methoxy groups -OCH3 is 1. The maximum absolute atomic E-state index is 12.1. The van der Waals surface area contributed by atoms with Gasteiger partial charge in [0.15, 0.2) is 5.75 Å². The Morgan fingerprint density at radius 2 is 2.00 bits per heavy atom. The van der Waals surface area contributed by atoms with Crippen molar-refractivity contribution in [3.8, 4) is 5.75 Å². The van der Waals surface area contributed by atoms with Crippen LogP contribution in [-0.4, -0.2) is 47.0 Å². The summed E-state index contributed by atoms with van der Waals surface area (Å²) in [6, 6.07) is -0.309. The normalized spacial score (nSPS) is 16.4. The van der Waals surface area contributed by atoms with Crippen LogP contribution in [0.2, 0.25) is 0 Å². The smallest absolute Gasteiger partial charge is 0.244 e. The molecular formula is C12H18N4O2. The zero-order valence-electron chi connectivity index (χ0n) is 10.7. The summed E-state index contributed by atoms with van der Waals surface area (Å²) in [5, 5.41) is 3.00. The van der Waals surface area contributed by atoms with Gasteiger partial charge in [-0.15, -0.1) is 0 Å². The van der Waals surface area contributed by atoms with Gasteiger partial charge >= 0.3 is 0 Å². The van der Waals surface area contributed by atoms with Crippen molar-refractivity contribution < 1.29 is 9.53 Å². The van der Waals surface area contributed by atoms with Gasteiger partial charge in [0.2, 0.25) is 11.9 Å². The first-order chi connectivity index (χ1) is 8.70. The third-order valence-corrected chi connectivity index (χ3v) is 3.00. The van der Waals surface area contributed by atoms with Crippen LogP contribution in [0, 0.1) is 0 Å². The minimum absolute atomic E-state index is 0.104. The molecule has 0 radical (unpaired) electrons. The van der Waals surface area contributed by atoms with Crippen LogP contribution in [-0.2, 0) is 4.79 Å². The molecule has 0 aliphatic carbocycles. The predicted octanol–water partition coefficient (Wildman–Crippen LogP) is 0.908. The third kappa shape index (κ3) is 2.88. The highest BCUT2D eigenvalue weighted by molar-refractivity contribution is 5.84. The Kier molecular flexibility index (Phi) is 3.96. The van der Waals surface area contributed by atoms with Crippen molar-refractivity contribution in [3.63, 3.8) is 0 Å². The largest absolute Gasteiger partial charge is 0.494 e. The number of carbonyl (C=O) groups excluding carboxylic acids is 1. The van der Waals surface area contributed by atoms with E-state index in [1.807, 2.05) is 11.8 Å². The second-order valence-corrected chi connectivity index (χ2v) is 4.34. The van der Waals surface area contributed by atoms with E-state index in [2.05, 4.69) is 15.3 Å². The Hall–Kier alpha value is -1.85. The first-order valence-corrected chi connectivity index (χ1v) is 6.12. The number of carbonyl (C=O) groups is 1. The second kappa shape index (κ2) is 5.66. The molecule has 1 aromatic rings. The van der Waals surface area contributed by atoms with E-state index in [1.165, 1.54) is 0 Å². The molecular weight excluding hydrogens is 232 g/mol. The fraction of sp³-hybridized carbons (Fsp3) is 0.583. The highest BCUT2D eigenvalue weighted by Crippen LogP contribution is 2.12. The molecule has 1 aliphatic heterocycles. The zero-order chi connectivity index (χ0) is 13.0. The van der Waals surface area contributed by atoms with Gasteiger partial charge in [0.1, 0.15) is 6.04 Å². The van der Waals surface area contributed by atoms with Gasteiger partial charge in [-0.2, -0.15) is 0 Å². The number of aromatic nitrogens is 2. The quantitative estimate of drug-likeness (QED) is 0.860. The molecule has 1 aliphatic rings. The van der Waals surface area contributed by atoms with Crippen molar-refractivity contribution in [3.05, 3.63) is 12.4 Å². The SMILES string of the molecule is COc1cnc(NC(C)C(=O)N2CCCC2)nc1. The summed E-state index contributed by atoms with van der Waals surface area (Å²) in [6.07, 6.45) is 5.33. The number of rotatable bonds is 4. The minimum Gasteiger partial charge on any atom is -0.494 e. The van der Waals surface area contributed by atoms with E-state index in [0.29, 0.717) is 11.7 Å². The average Bonchev–Trinajstić information content (AvgIpc) is 2.92. The van der Waals surface area contributed by atoms with Crippen LogP contribution in [0.25, 0.3) is 0 Å². The van der Waals surface area contributed by atoms with E-state index >= 15 is 0 Å². The van der Waals surface area contributed by atoms with Gasteiger partial charge in [0.25, 0.3) is 0 Å². The van der Waals surface area contributed by atoms with Crippen LogP contribution in [0.15, 0.2) is 12.4 Å². The molecule has 1 aromatic heterocycles. The lowest BCUT2D eigenvalue weighted by Crippen LogP contribution is -2.39. The van der Waals surface area contributed by atoms with Gasteiger partial charge in [0.05, 0.1) is 19.5 Å². The molecule has 0 saturated carbocycles. The number of ether oxygens (including phenoxy) is 1. The molecule has 98 valence electrons. The maximum Gasteiger partial charge on any atom is 0.244 e. The van der Waals surface area contributed by atoms with E-state index in [0.717, 1.165) is 25.9 Å². The summed E-state index contributed by atoms with van der Waals surface area (Å²) in [4.78, 5) is 22.1. The molecule has 0 spiro atoms. The number of hydrogen-bond acceptors (Lipinski definition) is 5. The Morgan fingerprint density at radius 1 is 1.39 bits per heavy atom. The van der Waals surface area contributed by atoms with Crippen LogP contribution < -0.4 is 10.1 Å². The summed E-state index contributed by atoms with van der Waals surface area (Å²) in [6.45, 7) is 3.54. The van der Waals surface area contributed by atoms with Crippen molar-refractivity contribution in [1.82, 2.24) is 14.9 Å². The lowest BCUT2D eigenvalue weighted by molar-refractivity contribution is -0.130. The van der Waals surface area contributed by atoms with Crippen molar-refractivity contribution in [2.24, 2.45) is 0 Å². The van der Waals surface area contributed by atoms with Gasteiger partial charge < -0.3 is 15.0 Å². The topological polar surface area (TPSA) is 67.3 Å². The summed E-state index contributed by atoms with van der Waals surface area (Å²) in [7, 11) is 1.56. The van der Waals surface area contributed by atoms with Gasteiger partial charge in [-0.3, -0.25) is 4.79 Å². The maximum atomic E-state index is 12.1. The summed E-state index contributed by atoms with van der Waals surface area (Å²) >= 11 is 0. The van der Waals surface area contributed by atoms with E-state index < -0.39 is 0 Å². The Bertz CT molecular complexity index is 401. The number of nitrogens with zero attached hydrogens (tertiary/aromatic N) is 3. The molecule has 2 heterocycles. The van der Waals surface area contributed by atoms with E-state index in [4.69, 9.17) is 4.74 Å². The Balaban J connectivity index is 1.92. The van der Waals surface area contributed by atoms with E-state index in [1.54, 1.807) is 19.5 Å². The van der Waals surface area contributed by atoms with Crippen LogP contribution in [0.3, 0.4) is 0 Å². The summed E-state index contributed by atoms with van der Waals surface area (Å²) in [5.74, 6) is 1.14. The number of nitrogens with one attached hydrogen (secondary N) is 1. The number of anilines is 1. The highest BCUT2D eigenvalue weighted by Gasteiger charge is 2.23. The van der Waals surface area contributed by atoms with Crippen LogP contribution in [0.5, 0.6) is 5.75 Å². The van der Waals surface area contributed by atoms with Crippen molar-refractivity contribution >= 4 is 11.9 Å². The van der Waals surface area contributed by atoms with Crippen LogP contribution in [0.1, 0.15) is 19.8 Å². The van der Waals surface area contributed by atoms with E-state index in [9.17, 15) is 4.79 Å². The zero-order valence-corrected chi connectivity index (χ0v) is 10.7. The van der Waals surface area contributed by atoms with Gasteiger partial charge in [-0.05, 0) is 19.8 Å². The fourth-order valence-corrected chi connectivity index (χ4v) is 1.96. The van der Waals surface area contributed by atoms with Crippen molar-refractivity contribution in [1.29, 1.82) is 0 Å². The lowest BCUT2D eigenvalue weighted by Gasteiger charge is -2.20. The molecule has 1 fully saturated rings. The first-order valence-electron chi connectivity index (χ1n) is 6.12. The number of hydrogen-bond donors (Lipinski definition) is 1. The molecule has 0 bridgehead atoms. The number of likely N-dealkylation sites (tertiary alicyclic amines) is 1. The highest BCUT2D eigenvalue weighted by atomic mass is 16.5. The van der Waals surface area contributed by atoms with E-state index in [-0.39, 0.29) is 11.9 Å². The Labute approximate surface area is 106 Å². The first kappa shape index (κ1) is 12.6. The molecule has 1 atom stereocenters. The number of amides is 1. The molecule has 18 heavy (non-hydrogen) atoms. The standard InChI is InChI=1S/C12H18N4O2/c1-9(11(17)16-5-3-4-6-16)15-12-13-7-10(18-2)8-14-12/h7-9H,3-6H2,1-2H3,(H,13,14,15). The monoisotopic (exact) mass is 250 g/mol. The minimum atomic E-state index is -0.309. The molecule has 0 aromatic carbocycles. The molecule has 1 saturated heterocycles. The lowest BCUT2D eigenvalue weighted by atomic mass is 10.3. The van der Waals surface area contributed by atoms with Crippen molar-refractivity contribution in [2.45, 2.75) is 25.8 Å². The average molecular weight is 250 g/mol. The molecule has 6 heteroatoms. The summed E-state index contributed by atoms with van der Waals surface area (Å²) < 4.78 is 4.97. The summed E-state index contributed by atoms with van der Waals surface area (Å²) in [5.41, 5.74) is 0. The fourth-order valence-electron chi connectivity index (χ4n) is 1.96. The molecule has 1 unspecified atom stereocenters. The second-order valence-electron chi connectivity index (χ2n) is 4.34. The van der Waals surface area contributed by atoms with Crippen molar-refractivity contribution in [2.75, 3.05) is 25.5 Å².